The van der Waals surface area contributed by atoms with E-state index in [2.05, 4.69) is 0 Å². The average molecular weight is 222 g/mol. The third kappa shape index (κ3) is 1.65. The Kier molecular flexibility index (Phi) is 2.83. The Bertz CT molecular complexity index is 374. The molecule has 1 heterocycles. The molecule has 0 atom stereocenters. The fraction of sp³-hybridized carbons (Fsp3) is 0.417. The largest absolute Gasteiger partial charge is 0.497 e. The maximum absolute atomic E-state index is 11.1. The lowest BCUT2D eigenvalue weighted by molar-refractivity contribution is -0.129. The molecule has 4 heteroatoms. The predicted molar refractivity (Wildman–Crippen MR) is 58.1 cm³/mol. The van der Waals surface area contributed by atoms with E-state index in [1.165, 1.54) is 0 Å². The van der Waals surface area contributed by atoms with Gasteiger partial charge in [-0.3, -0.25) is 0 Å². The van der Waals surface area contributed by atoms with Crippen LogP contribution >= 0.6 is 0 Å². The molecule has 0 aromatic heterocycles. The molecule has 0 unspecified atom stereocenters. The summed E-state index contributed by atoms with van der Waals surface area (Å²) in [6.45, 7) is 0.847. The Morgan fingerprint density at radius 3 is 2.06 bits per heavy atom. The fourth-order valence-corrected chi connectivity index (χ4v) is 1.72. The van der Waals surface area contributed by atoms with Gasteiger partial charge in [-0.15, -0.1) is 0 Å². The van der Waals surface area contributed by atoms with Crippen LogP contribution < -0.4 is 9.47 Å². The van der Waals surface area contributed by atoms with E-state index in [0.29, 0.717) is 24.7 Å². The van der Waals surface area contributed by atoms with Gasteiger partial charge in [-0.05, 0) is 17.7 Å². The van der Waals surface area contributed by atoms with Crippen molar-refractivity contribution in [3.05, 3.63) is 23.8 Å². The topological polar surface area (TPSA) is 44.8 Å². The highest BCUT2D eigenvalue weighted by Crippen LogP contribution is 2.35. The quantitative estimate of drug-likeness (QED) is 0.717. The Labute approximate surface area is 94.1 Å². The van der Waals surface area contributed by atoms with Crippen molar-refractivity contribution in [1.82, 2.24) is 0 Å². The van der Waals surface area contributed by atoms with E-state index < -0.39 is 5.41 Å². The van der Waals surface area contributed by atoms with Gasteiger partial charge in [-0.1, -0.05) is 0 Å². The molecule has 1 saturated heterocycles. The van der Waals surface area contributed by atoms with Crippen LogP contribution in [0.15, 0.2) is 18.2 Å². The lowest BCUT2D eigenvalue weighted by Gasteiger charge is -2.37. The van der Waals surface area contributed by atoms with Crippen LogP contribution in [0.25, 0.3) is 0 Å². The van der Waals surface area contributed by atoms with Crippen LogP contribution in [0, 0.1) is 0 Å². The molecule has 1 aliphatic rings. The summed E-state index contributed by atoms with van der Waals surface area (Å²) in [6.07, 6.45) is 0.935. The van der Waals surface area contributed by atoms with Crippen LogP contribution in [0.1, 0.15) is 5.56 Å². The third-order valence-electron chi connectivity index (χ3n) is 2.87. The van der Waals surface area contributed by atoms with Crippen molar-refractivity contribution < 1.29 is 19.0 Å². The predicted octanol–water partition coefficient (Wildman–Crippen LogP) is 1.17. The van der Waals surface area contributed by atoms with Gasteiger partial charge in [0.2, 0.25) is 0 Å². The van der Waals surface area contributed by atoms with Gasteiger partial charge in [0.25, 0.3) is 0 Å². The van der Waals surface area contributed by atoms with Gasteiger partial charge in [-0.25, -0.2) is 0 Å². The number of benzene rings is 1. The Morgan fingerprint density at radius 1 is 1.19 bits per heavy atom. The van der Waals surface area contributed by atoms with Crippen molar-refractivity contribution in [1.29, 1.82) is 0 Å². The second kappa shape index (κ2) is 4.14. The van der Waals surface area contributed by atoms with Crippen LogP contribution in [0.5, 0.6) is 11.5 Å². The second-order valence-electron chi connectivity index (χ2n) is 3.87. The van der Waals surface area contributed by atoms with Gasteiger partial charge in [0, 0.05) is 6.07 Å². The number of hydrogen-bond donors (Lipinski definition) is 0. The van der Waals surface area contributed by atoms with Gasteiger partial charge in [0.15, 0.2) is 0 Å². The first-order chi connectivity index (χ1) is 7.74. The number of ether oxygens (including phenoxy) is 3. The summed E-state index contributed by atoms with van der Waals surface area (Å²) in [5, 5.41) is 0. The van der Waals surface area contributed by atoms with E-state index >= 15 is 0 Å². The molecule has 0 saturated carbocycles. The van der Waals surface area contributed by atoms with Gasteiger partial charge in [-0.2, -0.15) is 0 Å². The highest BCUT2D eigenvalue weighted by atomic mass is 16.5. The molecule has 0 N–H and O–H groups in total. The Balaban J connectivity index is 2.43. The summed E-state index contributed by atoms with van der Waals surface area (Å²) in [6, 6.07) is 5.47. The Morgan fingerprint density at radius 2 is 1.75 bits per heavy atom. The average Bonchev–Trinajstić information content (AvgIpc) is 2.28. The maximum Gasteiger partial charge on any atom is 0.135 e. The number of rotatable bonds is 4. The van der Waals surface area contributed by atoms with E-state index in [0.717, 1.165) is 11.8 Å². The number of methoxy groups -OCH3 is 2. The molecule has 16 heavy (non-hydrogen) atoms. The van der Waals surface area contributed by atoms with Gasteiger partial charge in [0.1, 0.15) is 17.8 Å². The fourth-order valence-electron chi connectivity index (χ4n) is 1.72. The molecular weight excluding hydrogens is 208 g/mol. The van der Waals surface area contributed by atoms with Gasteiger partial charge >= 0.3 is 0 Å². The number of carbonyl (C=O) groups excluding carboxylic acids is 1. The first kappa shape index (κ1) is 11.0. The van der Waals surface area contributed by atoms with Crippen molar-refractivity contribution >= 4 is 6.29 Å². The molecule has 1 aromatic rings. The summed E-state index contributed by atoms with van der Waals surface area (Å²) in [5.74, 6) is 1.37. The van der Waals surface area contributed by atoms with E-state index in [9.17, 15) is 4.79 Å². The molecule has 1 aromatic carbocycles. The number of hydrogen-bond acceptors (Lipinski definition) is 4. The normalized spacial score (nSPS) is 17.4. The highest BCUT2D eigenvalue weighted by Gasteiger charge is 2.40. The summed E-state index contributed by atoms with van der Waals surface area (Å²) < 4.78 is 15.5. The first-order valence-electron chi connectivity index (χ1n) is 5.02. The lowest BCUT2D eigenvalue weighted by atomic mass is 9.80. The van der Waals surface area contributed by atoms with Crippen LogP contribution in [-0.4, -0.2) is 33.7 Å². The maximum atomic E-state index is 11.1. The van der Waals surface area contributed by atoms with Crippen LogP contribution in [-0.2, 0) is 14.9 Å². The van der Waals surface area contributed by atoms with E-state index in [-0.39, 0.29) is 0 Å². The molecule has 86 valence electrons. The molecule has 0 bridgehead atoms. The van der Waals surface area contributed by atoms with Crippen molar-refractivity contribution in [2.24, 2.45) is 0 Å². The van der Waals surface area contributed by atoms with Crippen LogP contribution in [0.2, 0.25) is 0 Å². The van der Waals surface area contributed by atoms with Gasteiger partial charge < -0.3 is 19.0 Å². The molecule has 2 rings (SSSR count). The van der Waals surface area contributed by atoms with Crippen LogP contribution in [0.4, 0.5) is 0 Å². The highest BCUT2D eigenvalue weighted by molar-refractivity contribution is 5.71. The zero-order valence-corrected chi connectivity index (χ0v) is 9.36. The zero-order chi connectivity index (χ0) is 11.6. The molecular formula is C12H14O4. The zero-order valence-electron chi connectivity index (χ0n) is 9.36. The van der Waals surface area contributed by atoms with E-state index in [4.69, 9.17) is 14.2 Å². The van der Waals surface area contributed by atoms with E-state index in [1.807, 2.05) is 12.1 Å². The lowest BCUT2D eigenvalue weighted by Crippen LogP contribution is -2.48. The number of aldehydes is 1. The Hall–Kier alpha value is -1.55. The first-order valence-corrected chi connectivity index (χ1v) is 5.02. The van der Waals surface area contributed by atoms with Gasteiger partial charge in [0.05, 0.1) is 32.8 Å². The minimum absolute atomic E-state index is 0.423. The van der Waals surface area contributed by atoms with Crippen molar-refractivity contribution in [2.45, 2.75) is 5.41 Å². The molecule has 0 amide bonds. The number of carbonyl (C=O) groups is 1. The van der Waals surface area contributed by atoms with Crippen molar-refractivity contribution in [3.63, 3.8) is 0 Å². The minimum atomic E-state index is -0.526. The third-order valence-corrected chi connectivity index (χ3v) is 2.87. The molecule has 0 radical (unpaired) electrons. The smallest absolute Gasteiger partial charge is 0.135 e. The molecule has 0 spiro atoms. The molecule has 1 fully saturated rings. The van der Waals surface area contributed by atoms with Crippen molar-refractivity contribution in [2.75, 3.05) is 27.4 Å². The summed E-state index contributed by atoms with van der Waals surface area (Å²) in [7, 11) is 3.17. The standard InChI is InChI=1S/C12H14O4/c1-14-10-3-9(4-11(5-10)15-2)12(6-13)7-16-8-12/h3-6H,7-8H2,1-2H3. The van der Waals surface area contributed by atoms with Crippen LogP contribution in [0.3, 0.4) is 0 Å². The monoisotopic (exact) mass is 222 g/mol. The summed E-state index contributed by atoms with van der Waals surface area (Å²) in [5.41, 5.74) is 0.354. The van der Waals surface area contributed by atoms with Crippen molar-refractivity contribution in [3.8, 4) is 11.5 Å². The minimum Gasteiger partial charge on any atom is -0.497 e. The molecule has 0 aliphatic carbocycles. The molecule has 1 aliphatic heterocycles. The SMILES string of the molecule is COc1cc(OC)cc(C2(C=O)COC2)c1. The summed E-state index contributed by atoms with van der Waals surface area (Å²) >= 11 is 0. The second-order valence-corrected chi connectivity index (χ2v) is 3.87. The summed E-state index contributed by atoms with van der Waals surface area (Å²) in [4.78, 5) is 11.1. The molecule has 4 nitrogen and oxygen atoms in total. The van der Waals surface area contributed by atoms with E-state index in [1.54, 1.807) is 20.3 Å².